The molecule has 0 aliphatic carbocycles. The van der Waals surface area contributed by atoms with E-state index in [4.69, 9.17) is 18.3 Å². The largest absolute Gasteiger partial charge is 0.488 e. The van der Waals surface area contributed by atoms with Crippen molar-refractivity contribution in [2.75, 3.05) is 0 Å². The van der Waals surface area contributed by atoms with Gasteiger partial charge in [0, 0.05) is 0 Å². The summed E-state index contributed by atoms with van der Waals surface area (Å²) in [5.41, 5.74) is 0.934. The van der Waals surface area contributed by atoms with E-state index < -0.39 is 58.5 Å². The summed E-state index contributed by atoms with van der Waals surface area (Å²) in [5, 5.41) is 13.5. The van der Waals surface area contributed by atoms with Gasteiger partial charge in [-0.25, -0.2) is 4.79 Å². The van der Waals surface area contributed by atoms with Gasteiger partial charge in [-0.1, -0.05) is 96.2 Å². The minimum atomic E-state index is -2.39. The highest BCUT2D eigenvalue weighted by molar-refractivity contribution is 6.74. The van der Waals surface area contributed by atoms with E-state index in [1.807, 2.05) is 108 Å². The quantitative estimate of drug-likeness (QED) is 0.129. The molecule has 0 saturated heterocycles. The van der Waals surface area contributed by atoms with Crippen molar-refractivity contribution < 1.29 is 33.0 Å². The van der Waals surface area contributed by atoms with Gasteiger partial charge in [-0.2, -0.15) is 0 Å². The zero-order valence-corrected chi connectivity index (χ0v) is 37.7. The van der Waals surface area contributed by atoms with Crippen LogP contribution in [-0.4, -0.2) is 63.3 Å². The fraction of sp³-hybridized carbons (Fsp3) is 0.628. The van der Waals surface area contributed by atoms with Gasteiger partial charge < -0.3 is 28.7 Å². The van der Waals surface area contributed by atoms with Crippen molar-refractivity contribution in [2.24, 2.45) is 5.92 Å². The summed E-state index contributed by atoms with van der Waals surface area (Å²) in [7, 11) is -4.77. The maximum Gasteiger partial charge on any atom is 0.407 e. The highest BCUT2D eigenvalue weighted by atomic mass is 28.4. The monoisotopic (exact) mass is 769 g/mol. The van der Waals surface area contributed by atoms with Crippen molar-refractivity contribution in [3.05, 3.63) is 77.9 Å². The number of carboxylic acids is 1. The van der Waals surface area contributed by atoms with Gasteiger partial charge in [-0.15, -0.1) is 0 Å². The van der Waals surface area contributed by atoms with Crippen molar-refractivity contribution in [1.82, 2.24) is 5.32 Å². The topological polar surface area (TPSA) is 103 Å². The van der Waals surface area contributed by atoms with Crippen LogP contribution in [0.2, 0.25) is 36.3 Å². The number of carbonyl (C=O) groups excluding carboxylic acids is 1. The van der Waals surface area contributed by atoms with Crippen LogP contribution < -0.4 is 10.1 Å². The second-order valence-corrected chi connectivity index (χ2v) is 28.9. The molecule has 0 fully saturated rings. The van der Waals surface area contributed by atoms with E-state index in [1.54, 1.807) is 0 Å². The first-order valence-electron chi connectivity index (χ1n) is 19.1. The van der Waals surface area contributed by atoms with Gasteiger partial charge in [-0.3, -0.25) is 4.79 Å². The van der Waals surface area contributed by atoms with Crippen LogP contribution in [0.15, 0.2) is 66.7 Å². The van der Waals surface area contributed by atoms with Gasteiger partial charge in [0.1, 0.15) is 17.0 Å². The summed E-state index contributed by atoms with van der Waals surface area (Å²) >= 11 is 0. The number of aliphatic carboxylic acids is 1. The number of amides is 1. The summed E-state index contributed by atoms with van der Waals surface area (Å²) in [6, 6.07) is 17.2. The Morgan fingerprint density at radius 3 is 1.70 bits per heavy atom. The number of rotatable bonds is 16. The molecule has 0 heterocycles. The molecule has 0 aliphatic rings. The highest BCUT2D eigenvalue weighted by Crippen LogP contribution is 2.40. The van der Waals surface area contributed by atoms with Crippen molar-refractivity contribution in [3.63, 3.8) is 0 Å². The molecule has 0 spiro atoms. The number of nitrogens with one attached hydrogen (secondary N) is 1. The predicted octanol–water partition coefficient (Wildman–Crippen LogP) is 11.0. The van der Waals surface area contributed by atoms with E-state index in [0.29, 0.717) is 19.3 Å². The maximum atomic E-state index is 13.4. The van der Waals surface area contributed by atoms with E-state index in [1.165, 1.54) is 0 Å². The Morgan fingerprint density at radius 2 is 1.23 bits per heavy atom. The average molecular weight is 770 g/mol. The van der Waals surface area contributed by atoms with Crippen LogP contribution in [0, 0.1) is 5.92 Å². The van der Waals surface area contributed by atoms with Crippen LogP contribution in [0.1, 0.15) is 101 Å². The number of ether oxygens (including phenoxy) is 2. The lowest BCUT2D eigenvalue weighted by molar-refractivity contribution is -0.144. The Labute approximate surface area is 323 Å². The molecule has 8 nitrogen and oxygen atoms in total. The van der Waals surface area contributed by atoms with E-state index >= 15 is 0 Å². The lowest BCUT2D eigenvalue weighted by Gasteiger charge is -2.42. The van der Waals surface area contributed by atoms with Crippen LogP contribution in [0.4, 0.5) is 4.79 Å². The summed E-state index contributed by atoms with van der Waals surface area (Å²) in [5.74, 6) is -0.933. The number of hydrogen-bond donors (Lipinski definition) is 2. The second kappa shape index (κ2) is 18.1. The smallest absolute Gasteiger partial charge is 0.407 e. The third-order valence-corrected chi connectivity index (χ3v) is 19.1. The van der Waals surface area contributed by atoms with Gasteiger partial charge in [-0.05, 0) is 120 Å². The summed E-state index contributed by atoms with van der Waals surface area (Å²) in [6.07, 6.45) is 3.53. The van der Waals surface area contributed by atoms with Crippen LogP contribution in [0.5, 0.6) is 5.75 Å². The van der Waals surface area contributed by atoms with E-state index in [0.717, 1.165) is 16.9 Å². The average Bonchev–Trinajstić information content (AvgIpc) is 2.97. The van der Waals surface area contributed by atoms with Gasteiger partial charge in [0.25, 0.3) is 0 Å². The third-order valence-electron chi connectivity index (χ3n) is 10.1. The minimum absolute atomic E-state index is 0.102. The Hall–Kier alpha value is -2.93. The van der Waals surface area contributed by atoms with Gasteiger partial charge in [0.15, 0.2) is 16.6 Å². The summed E-state index contributed by atoms with van der Waals surface area (Å²) in [4.78, 5) is 26.3. The molecular formula is C43H71NO7Si2. The van der Waals surface area contributed by atoms with E-state index in [2.05, 4.69) is 73.0 Å². The molecule has 2 rings (SSSR count). The number of carboxylic acid groups (broad SMARTS) is 1. The third kappa shape index (κ3) is 15.8. The van der Waals surface area contributed by atoms with Crippen LogP contribution >= 0.6 is 0 Å². The Morgan fingerprint density at radius 1 is 0.717 bits per heavy atom. The molecule has 2 N–H and O–H groups in total. The zero-order chi connectivity index (χ0) is 40.6. The van der Waals surface area contributed by atoms with Gasteiger partial charge >= 0.3 is 12.1 Å². The van der Waals surface area contributed by atoms with Crippen molar-refractivity contribution in [3.8, 4) is 5.75 Å². The molecular weight excluding hydrogens is 699 g/mol. The summed E-state index contributed by atoms with van der Waals surface area (Å²) in [6.45, 7) is 33.3. The SMILES string of the molecule is CC(C)(C)OC(=O)NC(Cc1ccc(OC(C)(C)C)cc1)C(C/C=C/C(O[Si](C)(C)C(C)(C)C)C(Cc1ccccc1)C(=O)O)O[Si](C)(C)C(C)(C)C. The molecule has 0 bridgehead atoms. The van der Waals surface area contributed by atoms with Crippen LogP contribution in [0.25, 0.3) is 0 Å². The molecule has 2 aromatic carbocycles. The Balaban J connectivity index is 2.64. The van der Waals surface area contributed by atoms with Crippen LogP contribution in [-0.2, 0) is 31.2 Å². The molecule has 53 heavy (non-hydrogen) atoms. The van der Waals surface area contributed by atoms with Crippen LogP contribution in [0.3, 0.4) is 0 Å². The van der Waals surface area contributed by atoms with E-state index in [-0.39, 0.29) is 15.7 Å². The second-order valence-electron chi connectivity index (χ2n) is 19.4. The first kappa shape index (κ1) is 46.2. The molecule has 10 heteroatoms. The number of alkyl carbamates (subject to hydrolysis) is 1. The molecule has 0 aromatic heterocycles. The van der Waals surface area contributed by atoms with Crippen molar-refractivity contribution >= 4 is 28.7 Å². The molecule has 0 aliphatic heterocycles. The van der Waals surface area contributed by atoms with Crippen molar-refractivity contribution in [1.29, 1.82) is 0 Å². The minimum Gasteiger partial charge on any atom is -0.488 e. The molecule has 298 valence electrons. The molecule has 2 aromatic rings. The number of benzene rings is 2. The van der Waals surface area contributed by atoms with E-state index in [9.17, 15) is 14.7 Å². The molecule has 0 radical (unpaired) electrons. The normalized spacial score (nSPS) is 15.8. The highest BCUT2D eigenvalue weighted by Gasteiger charge is 2.43. The Kier molecular flexibility index (Phi) is 15.8. The van der Waals surface area contributed by atoms with Crippen molar-refractivity contribution in [2.45, 2.75) is 168 Å². The van der Waals surface area contributed by atoms with Gasteiger partial charge in [0.2, 0.25) is 0 Å². The fourth-order valence-electron chi connectivity index (χ4n) is 5.22. The standard InChI is InChI=1S/C43H71NO7Si2/c1-40(2,3)48-33-27-25-32(26-28-33)30-35(44-39(47)49-41(4,5)6)37(51-53(15,16)43(10,11)12)24-20-23-36(50-52(13,14)42(7,8)9)34(38(45)46)29-31-21-18-17-19-22-31/h17-23,25-28,34-37H,24,29-30H2,1-16H3,(H,44,47)(H,45,46)/b23-20+. The predicted molar refractivity (Wildman–Crippen MR) is 223 cm³/mol. The fourth-order valence-corrected chi connectivity index (χ4v) is 7.86. The Bertz CT molecular complexity index is 1480. The molecule has 1 amide bonds. The summed E-state index contributed by atoms with van der Waals surface area (Å²) < 4.78 is 25.9. The molecule has 4 unspecified atom stereocenters. The lowest BCUT2D eigenvalue weighted by atomic mass is 9.93. The first-order valence-corrected chi connectivity index (χ1v) is 24.9. The van der Waals surface area contributed by atoms with Gasteiger partial charge in [0.05, 0.1) is 24.2 Å². The number of hydrogen-bond acceptors (Lipinski definition) is 6. The zero-order valence-electron chi connectivity index (χ0n) is 35.7. The number of carbonyl (C=O) groups is 2. The molecule has 4 atom stereocenters. The lowest BCUT2D eigenvalue weighted by Crippen LogP contribution is -2.53. The molecule has 0 saturated carbocycles. The maximum absolute atomic E-state index is 13.4. The first-order chi connectivity index (χ1) is 24.0.